The summed E-state index contributed by atoms with van der Waals surface area (Å²) >= 11 is 0. The summed E-state index contributed by atoms with van der Waals surface area (Å²) in [4.78, 5) is 40.6. The number of carbonyl (C=O) groups excluding carboxylic acids is 2. The molecule has 9 heteroatoms. The van der Waals surface area contributed by atoms with Crippen molar-refractivity contribution in [2.75, 3.05) is 7.05 Å². The van der Waals surface area contributed by atoms with Crippen LogP contribution in [0.4, 0.5) is 0 Å². The van der Waals surface area contributed by atoms with Crippen molar-refractivity contribution < 1.29 is 33.6 Å². The molecule has 0 N–H and O–H groups in total. The lowest BCUT2D eigenvalue weighted by Crippen LogP contribution is -2.70. The van der Waals surface area contributed by atoms with Gasteiger partial charge in [-0.2, -0.15) is 5.26 Å². The highest BCUT2D eigenvalue weighted by molar-refractivity contribution is 6.05. The number of fused-ring (bicyclic) bond motifs is 2. The van der Waals surface area contributed by atoms with E-state index < -0.39 is 41.9 Å². The Balaban J connectivity index is 1.25. The summed E-state index contributed by atoms with van der Waals surface area (Å²) in [7, 11) is 1.55. The predicted octanol–water partition coefficient (Wildman–Crippen LogP) is 5.39. The minimum Gasteiger partial charge on any atom is -0.432 e. The molecule has 2 aromatic rings. The maximum atomic E-state index is 13.7. The molecule has 4 saturated heterocycles. The first kappa shape index (κ1) is 27.9. The number of hydrogen-bond acceptors (Lipinski definition) is 8. The van der Waals surface area contributed by atoms with Crippen LogP contribution in [0.1, 0.15) is 78.8 Å². The lowest BCUT2D eigenvalue weighted by Gasteiger charge is -2.59. The largest absolute Gasteiger partial charge is 0.432 e. The van der Waals surface area contributed by atoms with Crippen molar-refractivity contribution in [3.63, 3.8) is 0 Å². The lowest BCUT2D eigenvalue weighted by molar-refractivity contribution is -0.576. The van der Waals surface area contributed by atoms with Gasteiger partial charge in [-0.3, -0.25) is 4.79 Å². The third-order valence-corrected chi connectivity index (χ3v) is 9.64. The van der Waals surface area contributed by atoms with Crippen molar-refractivity contribution in [3.8, 4) is 6.07 Å². The van der Waals surface area contributed by atoms with Crippen LogP contribution in [0.3, 0.4) is 0 Å². The highest BCUT2D eigenvalue weighted by Crippen LogP contribution is 2.60. The number of benzene rings is 2. The zero-order chi connectivity index (χ0) is 28.9. The number of nitrogens with zero attached hydrogens (tertiary/aromatic N) is 2. The molecule has 2 bridgehead atoms. The number of amides is 1. The molecule has 1 saturated carbocycles. The molecule has 2 aromatic carbocycles. The highest BCUT2D eigenvalue weighted by Gasteiger charge is 2.69. The van der Waals surface area contributed by atoms with Crippen LogP contribution in [0.2, 0.25) is 0 Å². The molecular formula is C32H36N2O7. The fraction of sp³-hybridized carbons (Fsp3) is 0.531. The van der Waals surface area contributed by atoms with Gasteiger partial charge >= 0.3 is 5.97 Å². The first-order valence-electron chi connectivity index (χ1n) is 14.4. The minimum absolute atomic E-state index is 0.00633. The van der Waals surface area contributed by atoms with Crippen LogP contribution < -0.4 is 0 Å². The molecule has 0 aromatic heterocycles. The van der Waals surface area contributed by atoms with Crippen LogP contribution >= 0.6 is 0 Å². The normalized spacial score (nSPS) is 36.3. The number of nitriles is 1. The molecule has 0 radical (unpaired) electrons. The van der Waals surface area contributed by atoms with Gasteiger partial charge in [0, 0.05) is 25.3 Å². The van der Waals surface area contributed by atoms with E-state index in [0.717, 1.165) is 19.3 Å². The Morgan fingerprint density at radius 3 is 2.44 bits per heavy atom. The van der Waals surface area contributed by atoms with Gasteiger partial charge in [-0.05, 0) is 55.7 Å². The van der Waals surface area contributed by atoms with Crippen LogP contribution in [-0.2, 0) is 24.0 Å². The second-order valence-corrected chi connectivity index (χ2v) is 12.1. The van der Waals surface area contributed by atoms with Gasteiger partial charge in [-0.25, -0.2) is 14.6 Å². The van der Waals surface area contributed by atoms with Crippen molar-refractivity contribution in [3.05, 3.63) is 71.3 Å². The maximum Gasteiger partial charge on any atom is 0.341 e. The Labute approximate surface area is 240 Å². The van der Waals surface area contributed by atoms with Gasteiger partial charge in [0.15, 0.2) is 11.9 Å². The first-order valence-corrected chi connectivity index (χ1v) is 14.4. The SMILES string of the molecule is C[C@@H]1CCC2[C@@H](C)[C@H](OC(=O)c3ccccc3C(=O)N(C)C(C#N)c3ccccc3)O[C@@H]3O[C@]4(C)CCC1[C@@]23OO4. The maximum absolute atomic E-state index is 13.7. The molecule has 5 fully saturated rings. The zero-order valence-electron chi connectivity index (χ0n) is 23.8. The Morgan fingerprint density at radius 2 is 1.71 bits per heavy atom. The summed E-state index contributed by atoms with van der Waals surface area (Å²) in [5, 5.41) is 9.85. The smallest absolute Gasteiger partial charge is 0.341 e. The van der Waals surface area contributed by atoms with Crippen molar-refractivity contribution >= 4 is 11.9 Å². The Bertz CT molecular complexity index is 1360. The third-order valence-electron chi connectivity index (χ3n) is 9.64. The van der Waals surface area contributed by atoms with Gasteiger partial charge < -0.3 is 19.1 Å². The molecule has 7 rings (SSSR count). The van der Waals surface area contributed by atoms with Crippen molar-refractivity contribution in [2.45, 2.75) is 76.5 Å². The second kappa shape index (κ2) is 10.5. The summed E-state index contributed by atoms with van der Waals surface area (Å²) in [6.07, 6.45) is 1.83. The van der Waals surface area contributed by atoms with E-state index in [1.807, 2.05) is 32.0 Å². The summed E-state index contributed by atoms with van der Waals surface area (Å²) in [5.41, 5.74) is 0.171. The molecule has 9 atom stereocenters. The van der Waals surface area contributed by atoms with Gasteiger partial charge in [0.05, 0.1) is 17.2 Å². The standard InChI is InChI=1S/C32H36N2O7/c1-19-14-15-25-20(2)29(38-30-32(25)24(19)16-17-31(3,39-30)40-41-32)37-28(36)23-13-9-8-12-22(23)27(35)34(4)26(18-33)21-10-6-5-7-11-21/h5-13,19-20,24-26,29-30H,14-17H2,1-4H3/t19-,20-,24?,25?,26?,29-,30-,31+,32-/m1/s1. The Morgan fingerprint density at radius 1 is 1.00 bits per heavy atom. The van der Waals surface area contributed by atoms with Crippen LogP contribution in [0, 0.1) is 35.0 Å². The van der Waals surface area contributed by atoms with E-state index in [0.29, 0.717) is 17.9 Å². The number of esters is 1. The summed E-state index contributed by atoms with van der Waals surface area (Å²) in [5.74, 6) is -1.67. The molecule has 4 aliphatic heterocycles. The number of ether oxygens (including phenoxy) is 3. The van der Waals surface area contributed by atoms with E-state index in [1.54, 1.807) is 43.4 Å². The molecule has 1 spiro atoms. The minimum atomic E-state index is -0.938. The average molecular weight is 561 g/mol. The first-order chi connectivity index (χ1) is 19.7. The molecule has 5 aliphatic rings. The van der Waals surface area contributed by atoms with Crippen molar-refractivity contribution in [2.24, 2.45) is 23.7 Å². The van der Waals surface area contributed by atoms with E-state index in [4.69, 9.17) is 24.0 Å². The third kappa shape index (κ3) is 4.54. The van der Waals surface area contributed by atoms with E-state index in [1.165, 1.54) is 4.90 Å². The van der Waals surface area contributed by atoms with Gasteiger partial charge in [0.25, 0.3) is 5.91 Å². The highest BCUT2D eigenvalue weighted by atomic mass is 17.3. The number of carbonyl (C=O) groups is 2. The van der Waals surface area contributed by atoms with Gasteiger partial charge in [0.1, 0.15) is 6.04 Å². The van der Waals surface area contributed by atoms with E-state index in [9.17, 15) is 14.9 Å². The fourth-order valence-corrected chi connectivity index (χ4v) is 7.35. The van der Waals surface area contributed by atoms with Gasteiger partial charge in [0.2, 0.25) is 12.1 Å². The average Bonchev–Trinajstić information content (AvgIpc) is 3.22. The molecule has 9 nitrogen and oxygen atoms in total. The molecule has 216 valence electrons. The van der Waals surface area contributed by atoms with E-state index in [-0.39, 0.29) is 28.9 Å². The molecule has 4 heterocycles. The Hall–Kier alpha value is -3.29. The molecule has 41 heavy (non-hydrogen) atoms. The van der Waals surface area contributed by atoms with Crippen molar-refractivity contribution in [1.82, 2.24) is 4.90 Å². The van der Waals surface area contributed by atoms with E-state index >= 15 is 0 Å². The monoisotopic (exact) mass is 560 g/mol. The van der Waals surface area contributed by atoms with Crippen molar-refractivity contribution in [1.29, 1.82) is 5.26 Å². The van der Waals surface area contributed by atoms with Gasteiger partial charge in [-0.1, -0.05) is 56.3 Å². The van der Waals surface area contributed by atoms with Crippen LogP contribution in [0.5, 0.6) is 0 Å². The lowest BCUT2D eigenvalue weighted by atomic mass is 9.58. The number of rotatable bonds is 5. The molecule has 3 unspecified atom stereocenters. The topological polar surface area (TPSA) is 107 Å². The molecular weight excluding hydrogens is 524 g/mol. The summed E-state index contributed by atoms with van der Waals surface area (Å²) in [6.45, 7) is 6.10. The van der Waals surface area contributed by atoms with Gasteiger partial charge in [-0.15, -0.1) is 0 Å². The van der Waals surface area contributed by atoms with Crippen LogP contribution in [0.25, 0.3) is 0 Å². The Kier molecular flexibility index (Phi) is 7.15. The number of hydrogen-bond donors (Lipinski definition) is 0. The van der Waals surface area contributed by atoms with E-state index in [2.05, 4.69) is 13.0 Å². The van der Waals surface area contributed by atoms with Crippen LogP contribution in [-0.4, -0.2) is 47.8 Å². The molecule has 1 aliphatic carbocycles. The quantitative estimate of drug-likeness (QED) is 0.354. The second-order valence-electron chi connectivity index (χ2n) is 12.1. The zero-order valence-corrected chi connectivity index (χ0v) is 23.8. The summed E-state index contributed by atoms with van der Waals surface area (Å²) in [6, 6.07) is 16.9. The fourth-order valence-electron chi connectivity index (χ4n) is 7.35. The predicted molar refractivity (Wildman–Crippen MR) is 146 cm³/mol. The van der Waals surface area contributed by atoms with Crippen LogP contribution in [0.15, 0.2) is 54.6 Å². The summed E-state index contributed by atoms with van der Waals surface area (Å²) < 4.78 is 18.8. The molecule has 1 amide bonds.